The van der Waals surface area contributed by atoms with Gasteiger partial charge in [0.15, 0.2) is 5.78 Å². The standard InChI is InChI=1S/C29H28FN3O2/c1-3-5-13-31-29(35)20-11-12-26(32-17-20)23-15-22-21(14-19-9-7-6-8-10-19)24(28(34)4-2)18-33-27(22)16-25(23)30/h6-12,15-18H,3-5,13-14H2,1-2H3,(H,31,35). The van der Waals surface area contributed by atoms with Crippen LogP contribution in [-0.4, -0.2) is 28.2 Å². The second-order valence-corrected chi connectivity index (χ2v) is 8.48. The van der Waals surface area contributed by atoms with Crippen LogP contribution in [0.3, 0.4) is 0 Å². The fraction of sp³-hybridized carbons (Fsp3) is 0.241. The lowest BCUT2D eigenvalue weighted by molar-refractivity contribution is 0.0951. The van der Waals surface area contributed by atoms with Gasteiger partial charge >= 0.3 is 0 Å². The molecule has 0 bridgehead atoms. The summed E-state index contributed by atoms with van der Waals surface area (Å²) in [6.07, 6.45) is 5.78. The van der Waals surface area contributed by atoms with E-state index in [0.29, 0.717) is 52.7 Å². The minimum atomic E-state index is -0.460. The van der Waals surface area contributed by atoms with Gasteiger partial charge in [-0.1, -0.05) is 50.6 Å². The molecule has 4 aromatic rings. The smallest absolute Gasteiger partial charge is 0.252 e. The molecule has 0 aliphatic heterocycles. The van der Waals surface area contributed by atoms with Gasteiger partial charge < -0.3 is 5.32 Å². The van der Waals surface area contributed by atoms with Gasteiger partial charge in [-0.3, -0.25) is 19.6 Å². The first-order valence-electron chi connectivity index (χ1n) is 11.9. The van der Waals surface area contributed by atoms with Crippen molar-refractivity contribution in [3.63, 3.8) is 0 Å². The van der Waals surface area contributed by atoms with E-state index in [4.69, 9.17) is 0 Å². The molecule has 1 N–H and O–H groups in total. The first-order chi connectivity index (χ1) is 17.0. The molecule has 0 fully saturated rings. The number of halogens is 1. The molecule has 0 aliphatic carbocycles. The van der Waals surface area contributed by atoms with Gasteiger partial charge in [0, 0.05) is 47.9 Å². The van der Waals surface area contributed by atoms with Crippen molar-refractivity contribution in [2.24, 2.45) is 0 Å². The van der Waals surface area contributed by atoms with E-state index in [1.54, 1.807) is 24.4 Å². The number of Topliss-reactive ketones (excluding diaryl/α,β-unsaturated/α-hetero) is 1. The highest BCUT2D eigenvalue weighted by atomic mass is 19.1. The minimum absolute atomic E-state index is 0.00669. The number of carbonyl (C=O) groups excluding carboxylic acids is 2. The van der Waals surface area contributed by atoms with Gasteiger partial charge in [0.2, 0.25) is 0 Å². The average Bonchev–Trinajstić information content (AvgIpc) is 2.89. The molecule has 35 heavy (non-hydrogen) atoms. The zero-order valence-electron chi connectivity index (χ0n) is 20.0. The van der Waals surface area contributed by atoms with Crippen LogP contribution in [-0.2, 0) is 6.42 Å². The maximum absolute atomic E-state index is 15.1. The molecule has 0 unspecified atom stereocenters. The lowest BCUT2D eigenvalue weighted by Gasteiger charge is -2.14. The molecule has 0 atom stereocenters. The number of hydrogen-bond acceptors (Lipinski definition) is 4. The topological polar surface area (TPSA) is 72.0 Å². The maximum Gasteiger partial charge on any atom is 0.252 e. The fourth-order valence-electron chi connectivity index (χ4n) is 4.05. The predicted molar refractivity (Wildman–Crippen MR) is 136 cm³/mol. The summed E-state index contributed by atoms with van der Waals surface area (Å²) in [5.74, 6) is -0.667. The van der Waals surface area contributed by atoms with Crippen molar-refractivity contribution >= 4 is 22.6 Å². The Morgan fingerprint density at radius 1 is 0.971 bits per heavy atom. The van der Waals surface area contributed by atoms with Crippen LogP contribution in [0.15, 0.2) is 67.0 Å². The molecule has 2 heterocycles. The van der Waals surface area contributed by atoms with Crippen LogP contribution in [0.5, 0.6) is 0 Å². The number of benzene rings is 2. The Morgan fingerprint density at radius 3 is 2.46 bits per heavy atom. The monoisotopic (exact) mass is 469 g/mol. The number of hydrogen-bond donors (Lipinski definition) is 1. The highest BCUT2D eigenvalue weighted by molar-refractivity contribution is 6.02. The van der Waals surface area contributed by atoms with Crippen molar-refractivity contribution in [3.8, 4) is 11.3 Å². The van der Waals surface area contributed by atoms with Gasteiger partial charge in [-0.25, -0.2) is 4.39 Å². The minimum Gasteiger partial charge on any atom is -0.352 e. The Balaban J connectivity index is 1.77. The van der Waals surface area contributed by atoms with Crippen LogP contribution in [0.4, 0.5) is 4.39 Å². The summed E-state index contributed by atoms with van der Waals surface area (Å²) in [6, 6.07) is 16.2. The Morgan fingerprint density at radius 2 is 1.77 bits per heavy atom. The third-order valence-electron chi connectivity index (χ3n) is 6.03. The summed E-state index contributed by atoms with van der Waals surface area (Å²) >= 11 is 0. The van der Waals surface area contributed by atoms with Crippen LogP contribution < -0.4 is 5.32 Å². The summed E-state index contributed by atoms with van der Waals surface area (Å²) < 4.78 is 15.1. The molecule has 6 heteroatoms. The molecule has 1 amide bonds. The van der Waals surface area contributed by atoms with Crippen molar-refractivity contribution in [2.45, 2.75) is 39.5 Å². The van der Waals surface area contributed by atoms with E-state index in [0.717, 1.165) is 24.0 Å². The van der Waals surface area contributed by atoms with Gasteiger partial charge in [0.25, 0.3) is 5.91 Å². The normalized spacial score (nSPS) is 10.9. The third-order valence-corrected chi connectivity index (χ3v) is 6.03. The first kappa shape index (κ1) is 24.2. The van der Waals surface area contributed by atoms with E-state index in [-0.39, 0.29) is 11.7 Å². The van der Waals surface area contributed by atoms with Crippen LogP contribution in [0, 0.1) is 5.82 Å². The number of carbonyl (C=O) groups is 2. The first-order valence-corrected chi connectivity index (χ1v) is 11.9. The molecule has 0 spiro atoms. The van der Waals surface area contributed by atoms with Crippen LogP contribution >= 0.6 is 0 Å². The maximum atomic E-state index is 15.1. The molecule has 4 rings (SSSR count). The van der Waals surface area contributed by atoms with Crippen molar-refractivity contribution in [1.82, 2.24) is 15.3 Å². The van der Waals surface area contributed by atoms with Gasteiger partial charge in [0.05, 0.1) is 16.8 Å². The zero-order valence-corrected chi connectivity index (χ0v) is 20.0. The summed E-state index contributed by atoms with van der Waals surface area (Å²) in [5.41, 5.74) is 4.03. The number of ketones is 1. The summed E-state index contributed by atoms with van der Waals surface area (Å²) in [5, 5.41) is 3.57. The number of aromatic nitrogens is 2. The van der Waals surface area contributed by atoms with Crippen molar-refractivity contribution in [2.75, 3.05) is 6.54 Å². The van der Waals surface area contributed by atoms with Crippen LogP contribution in [0.25, 0.3) is 22.2 Å². The number of nitrogens with zero attached hydrogens (tertiary/aromatic N) is 2. The van der Waals surface area contributed by atoms with Crippen LogP contribution in [0.1, 0.15) is 65.0 Å². The van der Waals surface area contributed by atoms with E-state index >= 15 is 4.39 Å². The lowest BCUT2D eigenvalue weighted by atomic mass is 9.92. The Kier molecular flexibility index (Phi) is 7.60. The van der Waals surface area contributed by atoms with Crippen molar-refractivity contribution < 1.29 is 14.0 Å². The molecule has 2 aromatic heterocycles. The quantitative estimate of drug-likeness (QED) is 0.236. The SMILES string of the molecule is CCCCNC(=O)c1ccc(-c2cc3c(Cc4ccccc4)c(C(=O)CC)cnc3cc2F)nc1. The van der Waals surface area contributed by atoms with Crippen molar-refractivity contribution in [1.29, 1.82) is 0 Å². The lowest BCUT2D eigenvalue weighted by Crippen LogP contribution is -2.24. The van der Waals surface area contributed by atoms with E-state index in [2.05, 4.69) is 22.2 Å². The van der Waals surface area contributed by atoms with Gasteiger partial charge in [-0.05, 0) is 42.2 Å². The van der Waals surface area contributed by atoms with Crippen molar-refractivity contribution in [3.05, 3.63) is 95.1 Å². The molecule has 0 radical (unpaired) electrons. The van der Waals surface area contributed by atoms with E-state index in [9.17, 15) is 9.59 Å². The third kappa shape index (κ3) is 5.43. The van der Waals surface area contributed by atoms with E-state index < -0.39 is 5.82 Å². The number of nitrogens with one attached hydrogen (secondary N) is 1. The molecular weight excluding hydrogens is 441 g/mol. The number of pyridine rings is 2. The average molecular weight is 470 g/mol. The highest BCUT2D eigenvalue weighted by Crippen LogP contribution is 2.31. The predicted octanol–water partition coefficient (Wildman–Crippen LogP) is 6.15. The van der Waals surface area contributed by atoms with Gasteiger partial charge in [-0.15, -0.1) is 0 Å². The van der Waals surface area contributed by atoms with E-state index in [1.807, 2.05) is 37.3 Å². The fourth-order valence-corrected chi connectivity index (χ4v) is 4.05. The Hall–Kier alpha value is -3.93. The highest BCUT2D eigenvalue weighted by Gasteiger charge is 2.18. The zero-order chi connectivity index (χ0) is 24.8. The Bertz CT molecular complexity index is 1350. The van der Waals surface area contributed by atoms with E-state index in [1.165, 1.54) is 12.3 Å². The van der Waals surface area contributed by atoms with Gasteiger partial charge in [-0.2, -0.15) is 0 Å². The number of unbranched alkanes of at least 4 members (excludes halogenated alkanes) is 1. The number of amides is 1. The molecule has 0 saturated heterocycles. The largest absolute Gasteiger partial charge is 0.352 e. The Labute approximate surface area is 204 Å². The summed E-state index contributed by atoms with van der Waals surface area (Å²) in [7, 11) is 0. The van der Waals surface area contributed by atoms with Gasteiger partial charge in [0.1, 0.15) is 5.82 Å². The van der Waals surface area contributed by atoms with Crippen LogP contribution in [0.2, 0.25) is 0 Å². The second-order valence-electron chi connectivity index (χ2n) is 8.48. The molecule has 0 aliphatic rings. The number of fused-ring (bicyclic) bond motifs is 1. The molecule has 0 saturated carbocycles. The summed E-state index contributed by atoms with van der Waals surface area (Å²) in [4.78, 5) is 33.8. The molecule has 5 nitrogen and oxygen atoms in total. The molecular formula is C29H28FN3O2. The summed E-state index contributed by atoms with van der Waals surface area (Å²) in [6.45, 7) is 4.48. The molecule has 2 aromatic carbocycles. The second kappa shape index (κ2) is 11.0. The number of rotatable bonds is 9. The molecule has 178 valence electrons.